The Morgan fingerprint density at radius 3 is 2.08 bits per heavy atom. The van der Waals surface area contributed by atoms with Crippen LogP contribution in [0.2, 0.25) is 10.0 Å². The highest BCUT2D eigenvalue weighted by atomic mass is 35.5. The molecule has 0 aliphatic rings. The summed E-state index contributed by atoms with van der Waals surface area (Å²) in [6.07, 6.45) is 0. The lowest BCUT2D eigenvalue weighted by Gasteiger charge is -2.11. The van der Waals surface area contributed by atoms with Crippen molar-refractivity contribution in [2.75, 3.05) is 20.7 Å². The molecule has 0 saturated heterocycles. The summed E-state index contributed by atoms with van der Waals surface area (Å²) in [5.41, 5.74) is 0.845. The van der Waals surface area contributed by atoms with Gasteiger partial charge in [0.05, 0.1) is 44.5 Å². The maximum atomic E-state index is 13.7. The zero-order valence-electron chi connectivity index (χ0n) is 19.6. The van der Waals surface area contributed by atoms with Crippen molar-refractivity contribution >= 4 is 52.0 Å². The normalized spacial score (nSPS) is 10.9. The van der Waals surface area contributed by atoms with Crippen LogP contribution in [0.3, 0.4) is 0 Å². The molecule has 3 aromatic carbocycles. The van der Waals surface area contributed by atoms with Crippen LogP contribution in [0, 0.1) is 0 Å². The molecule has 184 valence electrons. The largest absolute Gasteiger partial charge is 0.462 e. The molecule has 1 amide bonds. The van der Waals surface area contributed by atoms with Crippen LogP contribution in [0.5, 0.6) is 0 Å². The molecule has 1 heterocycles. The van der Waals surface area contributed by atoms with Crippen molar-refractivity contribution < 1.29 is 19.1 Å². The fraction of sp³-hybridized carbons (Fsp3) is 0.154. The fourth-order valence-corrected chi connectivity index (χ4v) is 4.37. The van der Waals surface area contributed by atoms with Gasteiger partial charge in [-0.25, -0.2) is 14.2 Å². The number of hydrogen-bond donors (Lipinski definition) is 0. The molecule has 0 radical (unpaired) electrons. The van der Waals surface area contributed by atoms with Gasteiger partial charge in [0.25, 0.3) is 11.8 Å². The molecule has 0 unspecified atom stereocenters. The Balaban J connectivity index is 1.98. The number of halogens is 2. The molecule has 0 aliphatic carbocycles. The molecular weight excluding hydrogens is 505 g/mol. The van der Waals surface area contributed by atoms with Crippen LogP contribution >= 0.6 is 23.2 Å². The van der Waals surface area contributed by atoms with Crippen LogP contribution in [-0.4, -0.2) is 52.5 Å². The Kier molecular flexibility index (Phi) is 7.01. The van der Waals surface area contributed by atoms with E-state index in [0.29, 0.717) is 16.8 Å². The lowest BCUT2D eigenvalue weighted by atomic mass is 10.1. The minimum absolute atomic E-state index is 0.0380. The molecular formula is C26H21Cl2N3O5. The maximum absolute atomic E-state index is 13.7. The van der Waals surface area contributed by atoms with Gasteiger partial charge < -0.3 is 9.64 Å². The highest BCUT2D eigenvalue weighted by Gasteiger charge is 2.25. The number of fused-ring (bicyclic) bond motifs is 1. The third-order valence-electron chi connectivity index (χ3n) is 5.51. The molecule has 4 rings (SSSR count). The van der Waals surface area contributed by atoms with Gasteiger partial charge in [-0.05, 0) is 61.5 Å². The number of benzene rings is 3. The van der Waals surface area contributed by atoms with Gasteiger partial charge in [0, 0.05) is 19.7 Å². The number of aromatic nitrogens is 2. The summed E-state index contributed by atoms with van der Waals surface area (Å²) in [6.45, 7) is 1.94. The van der Waals surface area contributed by atoms with Gasteiger partial charge in [-0.2, -0.15) is 0 Å². The number of imidazole rings is 1. The molecule has 0 N–H and O–H groups in total. The lowest BCUT2D eigenvalue weighted by Crippen LogP contribution is -2.29. The van der Waals surface area contributed by atoms with Gasteiger partial charge in [0.1, 0.15) is 0 Å². The van der Waals surface area contributed by atoms with E-state index in [1.54, 1.807) is 51.4 Å². The van der Waals surface area contributed by atoms with Crippen LogP contribution in [0.4, 0.5) is 0 Å². The van der Waals surface area contributed by atoms with Crippen molar-refractivity contribution in [2.45, 2.75) is 6.92 Å². The predicted molar refractivity (Wildman–Crippen MR) is 138 cm³/mol. The molecule has 0 saturated carbocycles. The molecule has 0 spiro atoms. The van der Waals surface area contributed by atoms with Crippen molar-refractivity contribution in [3.8, 4) is 5.69 Å². The number of amides is 1. The van der Waals surface area contributed by atoms with Crippen molar-refractivity contribution in [2.24, 2.45) is 0 Å². The maximum Gasteiger partial charge on any atom is 0.340 e. The van der Waals surface area contributed by atoms with E-state index in [9.17, 15) is 19.2 Å². The van der Waals surface area contributed by atoms with Gasteiger partial charge in [0.2, 0.25) is 0 Å². The van der Waals surface area contributed by atoms with Crippen molar-refractivity contribution in [3.63, 3.8) is 0 Å². The highest BCUT2D eigenvalue weighted by Crippen LogP contribution is 2.27. The Labute approximate surface area is 216 Å². The summed E-state index contributed by atoms with van der Waals surface area (Å²) in [6, 6.07) is 15.4. The first-order chi connectivity index (χ1) is 17.1. The quantitative estimate of drug-likeness (QED) is 0.353. The van der Waals surface area contributed by atoms with E-state index in [1.807, 2.05) is 0 Å². The number of nitrogens with zero attached hydrogens (tertiary/aromatic N) is 3. The van der Waals surface area contributed by atoms with Gasteiger partial charge in [-0.15, -0.1) is 0 Å². The number of rotatable bonds is 5. The minimum Gasteiger partial charge on any atom is -0.462 e. The number of hydrogen-bond acceptors (Lipinski definition) is 5. The lowest BCUT2D eigenvalue weighted by molar-refractivity contribution is 0.0526. The standard InChI is InChI=1S/C26H21Cl2N3O5/c1-4-36-25(34)15-8-11-17(12-9-15)30-20-13-10-16(23(32)29(2)3)14-21(20)31(26(30)35)24(33)22-18(27)6-5-7-19(22)28/h5-14H,4H2,1-3H3. The summed E-state index contributed by atoms with van der Waals surface area (Å²) in [5, 5.41) is 0.166. The second-order valence-corrected chi connectivity index (χ2v) is 8.84. The first-order valence-corrected chi connectivity index (χ1v) is 11.7. The number of esters is 1. The second kappa shape index (κ2) is 10.0. The van der Waals surface area contributed by atoms with Crippen molar-refractivity contribution in [1.29, 1.82) is 0 Å². The third kappa shape index (κ3) is 4.41. The molecule has 10 heteroatoms. The molecule has 1 aromatic heterocycles. The summed E-state index contributed by atoms with van der Waals surface area (Å²) in [7, 11) is 3.20. The molecule has 0 aliphatic heterocycles. The SMILES string of the molecule is CCOC(=O)c1ccc(-n2c(=O)n(C(=O)c3c(Cl)cccc3Cl)c3cc(C(=O)N(C)C)ccc32)cc1. The first-order valence-electron chi connectivity index (χ1n) is 10.9. The van der Waals surface area contributed by atoms with Gasteiger partial charge in [-0.3, -0.25) is 14.2 Å². The van der Waals surface area contributed by atoms with E-state index in [0.717, 1.165) is 4.57 Å². The Bertz CT molecular complexity index is 1550. The average molecular weight is 526 g/mol. The topological polar surface area (TPSA) is 90.6 Å². The smallest absolute Gasteiger partial charge is 0.340 e. The molecule has 0 fully saturated rings. The number of ether oxygens (including phenoxy) is 1. The molecule has 4 aromatic rings. The molecule has 8 nitrogen and oxygen atoms in total. The van der Waals surface area contributed by atoms with Gasteiger partial charge in [-0.1, -0.05) is 29.3 Å². The molecule has 36 heavy (non-hydrogen) atoms. The second-order valence-electron chi connectivity index (χ2n) is 8.03. The summed E-state index contributed by atoms with van der Waals surface area (Å²) in [5.74, 6) is -1.53. The Hall–Kier alpha value is -3.88. The summed E-state index contributed by atoms with van der Waals surface area (Å²) < 4.78 is 7.27. The Morgan fingerprint density at radius 1 is 0.889 bits per heavy atom. The zero-order valence-corrected chi connectivity index (χ0v) is 21.1. The fourth-order valence-electron chi connectivity index (χ4n) is 3.81. The number of carbonyl (C=O) groups excluding carboxylic acids is 3. The van der Waals surface area contributed by atoms with E-state index >= 15 is 0 Å². The van der Waals surface area contributed by atoms with E-state index in [2.05, 4.69) is 0 Å². The van der Waals surface area contributed by atoms with E-state index in [-0.39, 0.29) is 39.2 Å². The van der Waals surface area contributed by atoms with Gasteiger partial charge >= 0.3 is 11.7 Å². The van der Waals surface area contributed by atoms with E-state index in [1.165, 1.54) is 39.8 Å². The monoisotopic (exact) mass is 525 g/mol. The summed E-state index contributed by atoms with van der Waals surface area (Å²) in [4.78, 5) is 53.4. The predicted octanol–water partition coefficient (Wildman–Crippen LogP) is 4.67. The summed E-state index contributed by atoms with van der Waals surface area (Å²) >= 11 is 12.5. The molecule has 0 bridgehead atoms. The van der Waals surface area contributed by atoms with E-state index in [4.69, 9.17) is 27.9 Å². The average Bonchev–Trinajstić information content (AvgIpc) is 3.14. The van der Waals surface area contributed by atoms with Crippen molar-refractivity contribution in [1.82, 2.24) is 14.0 Å². The first kappa shape index (κ1) is 25.2. The van der Waals surface area contributed by atoms with Crippen LogP contribution in [0.25, 0.3) is 16.7 Å². The third-order valence-corrected chi connectivity index (χ3v) is 6.14. The molecule has 0 atom stereocenters. The van der Waals surface area contributed by atoms with Crippen molar-refractivity contribution in [3.05, 3.63) is 97.9 Å². The number of carbonyl (C=O) groups is 3. The highest BCUT2D eigenvalue weighted by molar-refractivity contribution is 6.40. The Morgan fingerprint density at radius 2 is 1.50 bits per heavy atom. The minimum atomic E-state index is -0.739. The van der Waals surface area contributed by atoms with Crippen LogP contribution < -0.4 is 5.69 Å². The van der Waals surface area contributed by atoms with Crippen LogP contribution in [0.15, 0.2) is 65.5 Å². The zero-order chi connectivity index (χ0) is 26.1. The van der Waals surface area contributed by atoms with Crippen LogP contribution in [-0.2, 0) is 4.74 Å². The van der Waals surface area contributed by atoms with Crippen LogP contribution in [0.1, 0.15) is 38.0 Å². The van der Waals surface area contributed by atoms with E-state index < -0.39 is 17.6 Å². The van der Waals surface area contributed by atoms with Gasteiger partial charge in [0.15, 0.2) is 0 Å².